The lowest BCUT2D eigenvalue weighted by atomic mass is 10.1. The van der Waals surface area contributed by atoms with Crippen LogP contribution in [0.5, 0.6) is 0 Å². The molecule has 2 aliphatic rings. The fourth-order valence-corrected chi connectivity index (χ4v) is 4.91. The summed E-state index contributed by atoms with van der Waals surface area (Å²) in [6.45, 7) is 1.49. The number of sulfone groups is 1. The van der Waals surface area contributed by atoms with Gasteiger partial charge in [0.05, 0.1) is 35.8 Å². The Balaban J connectivity index is 1.83. The second-order valence-corrected chi connectivity index (χ2v) is 7.42. The summed E-state index contributed by atoms with van der Waals surface area (Å²) in [5.74, 6) is -0.840. The summed E-state index contributed by atoms with van der Waals surface area (Å²) < 4.78 is 29.9. The van der Waals surface area contributed by atoms with Crippen LogP contribution in [0.15, 0.2) is 29.2 Å². The molecule has 1 N–H and O–H groups in total. The molecule has 1 aromatic carbocycles. The number of hydrogen-bond acceptors (Lipinski definition) is 5. The number of carboxylic acids is 1. The van der Waals surface area contributed by atoms with Crippen molar-refractivity contribution in [2.24, 2.45) is 0 Å². The lowest BCUT2D eigenvalue weighted by Gasteiger charge is -2.36. The first-order valence-corrected chi connectivity index (χ1v) is 8.52. The molecule has 7 heteroatoms. The van der Waals surface area contributed by atoms with Gasteiger partial charge in [-0.15, -0.1) is 0 Å². The van der Waals surface area contributed by atoms with E-state index in [0.29, 0.717) is 24.6 Å². The number of carboxylic acid groups (broad SMARTS) is 1. The highest BCUT2D eigenvalue weighted by Gasteiger charge is 2.39. The SMILES string of the molecule is O=C(O)CC1CN(C2CS(=O)(=O)c3ccccc32)CCO1. The number of morpholine rings is 1. The Kier molecular flexibility index (Phi) is 3.73. The molecular weight excluding hydrogens is 294 g/mol. The standard InChI is InChI=1S/C14H17NO5S/c16-14(17)7-10-8-15(5-6-20-10)12-9-21(18,19)13-4-2-1-3-11(12)13/h1-4,10,12H,5-9H2,(H,16,17). The molecule has 6 nitrogen and oxygen atoms in total. The molecule has 2 atom stereocenters. The number of hydrogen-bond donors (Lipinski definition) is 1. The number of fused-ring (bicyclic) bond motifs is 1. The fraction of sp³-hybridized carbons (Fsp3) is 0.500. The van der Waals surface area contributed by atoms with Crippen LogP contribution in [0.2, 0.25) is 0 Å². The molecule has 2 aliphatic heterocycles. The monoisotopic (exact) mass is 311 g/mol. The molecule has 2 heterocycles. The molecule has 1 aromatic rings. The Morgan fingerprint density at radius 2 is 2.14 bits per heavy atom. The number of carbonyl (C=O) groups is 1. The van der Waals surface area contributed by atoms with Gasteiger partial charge < -0.3 is 9.84 Å². The van der Waals surface area contributed by atoms with Crippen LogP contribution in [0.4, 0.5) is 0 Å². The highest BCUT2D eigenvalue weighted by atomic mass is 32.2. The van der Waals surface area contributed by atoms with Gasteiger partial charge in [-0.1, -0.05) is 18.2 Å². The van der Waals surface area contributed by atoms with Gasteiger partial charge in [-0.05, 0) is 11.6 Å². The van der Waals surface area contributed by atoms with Crippen LogP contribution in [0, 0.1) is 0 Å². The average molecular weight is 311 g/mol. The lowest BCUT2D eigenvalue weighted by Crippen LogP contribution is -2.45. The molecule has 1 fully saturated rings. The maximum absolute atomic E-state index is 12.2. The topological polar surface area (TPSA) is 83.9 Å². The van der Waals surface area contributed by atoms with Crippen LogP contribution in [0.3, 0.4) is 0 Å². The van der Waals surface area contributed by atoms with Crippen LogP contribution in [0.25, 0.3) is 0 Å². The van der Waals surface area contributed by atoms with E-state index >= 15 is 0 Å². The molecule has 21 heavy (non-hydrogen) atoms. The average Bonchev–Trinajstić information content (AvgIpc) is 2.71. The number of ether oxygens (including phenoxy) is 1. The van der Waals surface area contributed by atoms with Crippen molar-refractivity contribution in [1.29, 1.82) is 0 Å². The van der Waals surface area contributed by atoms with E-state index in [9.17, 15) is 13.2 Å². The zero-order chi connectivity index (χ0) is 15.0. The van der Waals surface area contributed by atoms with E-state index in [2.05, 4.69) is 0 Å². The normalized spacial score (nSPS) is 28.2. The lowest BCUT2D eigenvalue weighted by molar-refractivity contribution is -0.142. The number of rotatable bonds is 3. The summed E-state index contributed by atoms with van der Waals surface area (Å²) in [5.41, 5.74) is 0.813. The minimum Gasteiger partial charge on any atom is -0.481 e. The van der Waals surface area contributed by atoms with E-state index in [-0.39, 0.29) is 24.3 Å². The molecule has 0 amide bonds. The Bertz CT molecular complexity index is 657. The van der Waals surface area contributed by atoms with E-state index in [1.807, 2.05) is 17.0 Å². The number of aliphatic carboxylic acids is 1. The summed E-state index contributed by atoms with van der Waals surface area (Å²) in [5, 5.41) is 8.86. The number of nitrogens with zero attached hydrogens (tertiary/aromatic N) is 1. The highest BCUT2D eigenvalue weighted by Crippen LogP contribution is 2.37. The third-order valence-electron chi connectivity index (χ3n) is 4.00. The van der Waals surface area contributed by atoms with Crippen molar-refractivity contribution in [2.75, 3.05) is 25.4 Å². The summed E-state index contributed by atoms with van der Waals surface area (Å²) in [4.78, 5) is 13.2. The first-order chi connectivity index (χ1) is 9.97. The largest absolute Gasteiger partial charge is 0.481 e. The van der Waals surface area contributed by atoms with Gasteiger partial charge in [0.1, 0.15) is 0 Å². The van der Waals surface area contributed by atoms with Crippen molar-refractivity contribution in [3.63, 3.8) is 0 Å². The summed E-state index contributed by atoms with van der Waals surface area (Å²) in [6, 6.07) is 6.84. The molecule has 0 spiro atoms. The maximum atomic E-state index is 12.2. The first kappa shape index (κ1) is 14.5. The van der Waals surface area contributed by atoms with Crippen LogP contribution < -0.4 is 0 Å². The summed E-state index contributed by atoms with van der Waals surface area (Å²) in [7, 11) is -3.24. The molecule has 1 saturated heterocycles. The molecule has 114 valence electrons. The van der Waals surface area contributed by atoms with Crippen LogP contribution in [-0.2, 0) is 19.4 Å². The molecule has 3 rings (SSSR count). The highest BCUT2D eigenvalue weighted by molar-refractivity contribution is 7.91. The van der Waals surface area contributed by atoms with Gasteiger partial charge in [0.25, 0.3) is 0 Å². The molecule has 2 unspecified atom stereocenters. The molecule has 0 aliphatic carbocycles. The van der Waals surface area contributed by atoms with Gasteiger partial charge in [0.15, 0.2) is 9.84 Å². The van der Waals surface area contributed by atoms with Crippen molar-refractivity contribution in [3.05, 3.63) is 29.8 Å². The molecule has 0 radical (unpaired) electrons. The third kappa shape index (κ3) is 2.81. The Morgan fingerprint density at radius 3 is 2.90 bits per heavy atom. The van der Waals surface area contributed by atoms with Crippen molar-refractivity contribution in [2.45, 2.75) is 23.5 Å². The van der Waals surface area contributed by atoms with Gasteiger partial charge in [-0.25, -0.2) is 8.42 Å². The predicted molar refractivity (Wildman–Crippen MR) is 74.8 cm³/mol. The van der Waals surface area contributed by atoms with Crippen molar-refractivity contribution < 1.29 is 23.1 Å². The maximum Gasteiger partial charge on any atom is 0.306 e. The van der Waals surface area contributed by atoms with Crippen LogP contribution in [0.1, 0.15) is 18.0 Å². The Labute approximate surface area is 123 Å². The predicted octanol–water partition coefficient (Wildman–Crippen LogP) is 0.690. The zero-order valence-corrected chi connectivity index (χ0v) is 12.3. The van der Waals surface area contributed by atoms with Crippen molar-refractivity contribution in [3.8, 4) is 0 Å². The second kappa shape index (κ2) is 5.40. The van der Waals surface area contributed by atoms with Gasteiger partial charge in [-0.3, -0.25) is 9.69 Å². The molecule has 0 bridgehead atoms. The Morgan fingerprint density at radius 1 is 1.38 bits per heavy atom. The van der Waals surface area contributed by atoms with Gasteiger partial charge in [0.2, 0.25) is 0 Å². The molecule has 0 aromatic heterocycles. The third-order valence-corrected chi connectivity index (χ3v) is 5.80. The van der Waals surface area contributed by atoms with Crippen LogP contribution >= 0.6 is 0 Å². The fourth-order valence-electron chi connectivity index (χ4n) is 3.07. The Hall–Kier alpha value is -1.44. The van der Waals surface area contributed by atoms with E-state index in [1.54, 1.807) is 12.1 Å². The summed E-state index contributed by atoms with van der Waals surface area (Å²) >= 11 is 0. The van der Waals surface area contributed by atoms with E-state index in [1.165, 1.54) is 0 Å². The molecule has 0 saturated carbocycles. The van der Waals surface area contributed by atoms with Gasteiger partial charge >= 0.3 is 5.97 Å². The smallest absolute Gasteiger partial charge is 0.306 e. The number of benzene rings is 1. The van der Waals surface area contributed by atoms with E-state index in [4.69, 9.17) is 9.84 Å². The zero-order valence-electron chi connectivity index (χ0n) is 11.4. The van der Waals surface area contributed by atoms with Crippen molar-refractivity contribution >= 4 is 15.8 Å². The molecular formula is C14H17NO5S. The van der Waals surface area contributed by atoms with E-state index in [0.717, 1.165) is 5.56 Å². The van der Waals surface area contributed by atoms with E-state index < -0.39 is 15.8 Å². The quantitative estimate of drug-likeness (QED) is 0.884. The second-order valence-electron chi connectivity index (χ2n) is 5.42. The minimum atomic E-state index is -3.24. The van der Waals surface area contributed by atoms with Gasteiger partial charge in [0, 0.05) is 13.1 Å². The van der Waals surface area contributed by atoms with Crippen LogP contribution in [-0.4, -0.2) is 55.9 Å². The first-order valence-electron chi connectivity index (χ1n) is 6.86. The summed E-state index contributed by atoms with van der Waals surface area (Å²) in [6.07, 6.45) is -0.441. The van der Waals surface area contributed by atoms with Crippen molar-refractivity contribution in [1.82, 2.24) is 4.90 Å². The van der Waals surface area contributed by atoms with Gasteiger partial charge in [-0.2, -0.15) is 0 Å². The minimum absolute atomic E-state index is 0.0579.